The van der Waals surface area contributed by atoms with Crippen LogP contribution in [0, 0.1) is 0 Å². The Balaban J connectivity index is 2.87. The van der Waals surface area contributed by atoms with E-state index in [-0.39, 0.29) is 30.8 Å². The minimum Gasteiger partial charge on any atom is -0.296 e. The lowest BCUT2D eigenvalue weighted by Crippen LogP contribution is -1.94. The molecule has 19 heavy (non-hydrogen) atoms. The normalized spacial score (nSPS) is 10.6. The zero-order valence-corrected chi connectivity index (χ0v) is 12.8. The first kappa shape index (κ1) is 14.9. The van der Waals surface area contributed by atoms with Gasteiger partial charge in [0.1, 0.15) is 5.69 Å². The van der Waals surface area contributed by atoms with E-state index >= 15 is 0 Å². The number of aromatic nitrogens is 1. The Morgan fingerprint density at radius 3 is 1.95 bits per heavy atom. The van der Waals surface area contributed by atoms with Gasteiger partial charge in [-0.1, -0.05) is 64.1 Å². The Kier molecular flexibility index (Phi) is 4.59. The van der Waals surface area contributed by atoms with Crippen molar-refractivity contribution in [3.05, 3.63) is 49.1 Å². The van der Waals surface area contributed by atoms with Crippen molar-refractivity contribution in [1.29, 1.82) is 0 Å². The highest BCUT2D eigenvalue weighted by atomic mass is 35.5. The molecule has 0 fully saturated rings. The molecule has 0 spiro atoms. The number of benzene rings is 1. The summed E-state index contributed by atoms with van der Waals surface area (Å²) >= 11 is 30.2. The third-order valence-corrected chi connectivity index (χ3v) is 4.71. The van der Waals surface area contributed by atoms with Crippen LogP contribution in [0.5, 0.6) is 0 Å². The Labute approximate surface area is 134 Å². The first-order valence-electron chi connectivity index (χ1n) is 4.91. The molecule has 0 aliphatic carbocycles. The maximum atomic E-state index is 11.0. The number of hydrogen-bond donors (Lipinski definition) is 0. The number of aldehydes is 1. The summed E-state index contributed by atoms with van der Waals surface area (Å²) in [7, 11) is 0. The van der Waals surface area contributed by atoms with Gasteiger partial charge in [-0.25, -0.2) is 0 Å². The van der Waals surface area contributed by atoms with Crippen LogP contribution in [0.4, 0.5) is 0 Å². The molecule has 1 aromatic carbocycles. The van der Waals surface area contributed by atoms with Crippen LogP contribution < -0.4 is 0 Å². The molecule has 1 heterocycles. The molecule has 7 heteroatoms. The zero-order chi connectivity index (χ0) is 14.2. The summed E-state index contributed by atoms with van der Waals surface area (Å²) in [4.78, 5) is 15.0. The predicted octanol–water partition coefficient (Wildman–Crippen LogP) is 5.83. The lowest BCUT2D eigenvalue weighted by Gasteiger charge is -2.13. The molecule has 0 saturated heterocycles. The molecular formula is C12H4Cl5NO. The van der Waals surface area contributed by atoms with E-state index in [0.29, 0.717) is 17.4 Å². The Hall–Kier alpha value is -0.510. The lowest BCUT2D eigenvalue weighted by molar-refractivity contribution is 0.111. The topological polar surface area (TPSA) is 30.0 Å². The second-order valence-corrected chi connectivity index (χ2v) is 5.39. The summed E-state index contributed by atoms with van der Waals surface area (Å²) in [6.45, 7) is 0. The second kappa shape index (κ2) is 5.86. The highest BCUT2D eigenvalue weighted by Gasteiger charge is 2.22. The summed E-state index contributed by atoms with van der Waals surface area (Å²) in [5, 5.41) is 0.467. The number of halogens is 5. The molecule has 0 atom stereocenters. The Morgan fingerprint density at radius 2 is 1.42 bits per heavy atom. The van der Waals surface area contributed by atoms with Gasteiger partial charge in [0, 0.05) is 17.3 Å². The summed E-state index contributed by atoms with van der Waals surface area (Å²) < 4.78 is 0. The highest BCUT2D eigenvalue weighted by Crippen LogP contribution is 2.48. The van der Waals surface area contributed by atoms with Crippen LogP contribution in [0.3, 0.4) is 0 Å². The molecule has 2 nitrogen and oxygen atoms in total. The number of hydrogen-bond acceptors (Lipinski definition) is 2. The Morgan fingerprint density at radius 1 is 0.895 bits per heavy atom. The van der Waals surface area contributed by atoms with Crippen LogP contribution >= 0.6 is 58.0 Å². The van der Waals surface area contributed by atoms with E-state index in [1.165, 1.54) is 6.20 Å². The highest BCUT2D eigenvalue weighted by molar-refractivity contribution is 6.56. The second-order valence-electron chi connectivity index (χ2n) is 3.50. The van der Waals surface area contributed by atoms with Crippen molar-refractivity contribution >= 4 is 64.3 Å². The van der Waals surface area contributed by atoms with Gasteiger partial charge in [0.15, 0.2) is 6.29 Å². The molecule has 1 aromatic heterocycles. The van der Waals surface area contributed by atoms with E-state index in [0.717, 1.165) is 0 Å². The maximum absolute atomic E-state index is 11.0. The fourth-order valence-electron chi connectivity index (χ4n) is 1.56. The largest absolute Gasteiger partial charge is 0.296 e. The van der Waals surface area contributed by atoms with Crippen LogP contribution in [-0.2, 0) is 0 Å². The van der Waals surface area contributed by atoms with Gasteiger partial charge in [0.05, 0.1) is 25.1 Å². The molecule has 2 aromatic rings. The van der Waals surface area contributed by atoms with Gasteiger partial charge in [-0.05, 0) is 6.07 Å². The molecular weight excluding hydrogens is 351 g/mol. The van der Waals surface area contributed by atoms with Crippen molar-refractivity contribution in [2.75, 3.05) is 0 Å². The van der Waals surface area contributed by atoms with Crippen molar-refractivity contribution in [1.82, 2.24) is 4.98 Å². The van der Waals surface area contributed by atoms with Crippen LogP contribution in [-0.4, -0.2) is 11.3 Å². The SMILES string of the molecule is O=Cc1ncccc1-c1c(Cl)c(Cl)c(Cl)c(Cl)c1Cl. The van der Waals surface area contributed by atoms with Gasteiger partial charge in [-0.2, -0.15) is 0 Å². The summed E-state index contributed by atoms with van der Waals surface area (Å²) in [6, 6.07) is 3.29. The average molecular weight is 355 g/mol. The molecule has 0 aliphatic heterocycles. The fourth-order valence-corrected chi connectivity index (χ4v) is 2.91. The summed E-state index contributed by atoms with van der Waals surface area (Å²) in [5.74, 6) is 0. The first-order valence-corrected chi connectivity index (χ1v) is 6.80. The van der Waals surface area contributed by atoms with Crippen LogP contribution in [0.2, 0.25) is 25.1 Å². The molecule has 0 saturated carbocycles. The molecule has 0 amide bonds. The smallest absolute Gasteiger partial charge is 0.169 e. The Bertz CT molecular complexity index is 642. The number of rotatable bonds is 2. The average Bonchev–Trinajstić information content (AvgIpc) is 2.44. The van der Waals surface area contributed by atoms with Gasteiger partial charge < -0.3 is 0 Å². The van der Waals surface area contributed by atoms with Gasteiger partial charge >= 0.3 is 0 Å². The molecule has 0 aliphatic rings. The van der Waals surface area contributed by atoms with Crippen molar-refractivity contribution < 1.29 is 4.79 Å². The molecule has 0 unspecified atom stereocenters. The zero-order valence-electron chi connectivity index (χ0n) is 9.05. The number of carbonyl (C=O) groups is 1. The number of pyridine rings is 1. The summed E-state index contributed by atoms with van der Waals surface area (Å²) in [5.41, 5.74) is 0.951. The standard InChI is InChI=1S/C12H4Cl5NO/c13-8-7(5-2-1-3-18-6(5)4-19)9(14)11(16)12(17)10(8)15/h1-4H. The van der Waals surface area contributed by atoms with Gasteiger partial charge in [0.25, 0.3) is 0 Å². The minimum absolute atomic E-state index is 0.0682. The number of nitrogens with zero attached hydrogens (tertiary/aromatic N) is 1. The monoisotopic (exact) mass is 353 g/mol. The van der Waals surface area contributed by atoms with Gasteiger partial charge in [-0.3, -0.25) is 9.78 Å². The van der Waals surface area contributed by atoms with Gasteiger partial charge in [0.2, 0.25) is 0 Å². The quantitative estimate of drug-likeness (QED) is 0.385. The molecule has 0 radical (unpaired) electrons. The third kappa shape index (κ3) is 2.56. The van der Waals surface area contributed by atoms with E-state index in [1.54, 1.807) is 12.1 Å². The van der Waals surface area contributed by atoms with Crippen LogP contribution in [0.25, 0.3) is 11.1 Å². The summed E-state index contributed by atoms with van der Waals surface area (Å²) in [6.07, 6.45) is 2.08. The minimum atomic E-state index is 0.0682. The third-order valence-electron chi connectivity index (χ3n) is 2.43. The van der Waals surface area contributed by atoms with E-state index < -0.39 is 0 Å². The molecule has 0 N–H and O–H groups in total. The lowest BCUT2D eigenvalue weighted by atomic mass is 10.0. The van der Waals surface area contributed by atoms with Crippen molar-refractivity contribution in [3.8, 4) is 11.1 Å². The number of carbonyl (C=O) groups excluding carboxylic acids is 1. The van der Waals surface area contributed by atoms with E-state index in [9.17, 15) is 4.79 Å². The van der Waals surface area contributed by atoms with E-state index in [1.807, 2.05) is 0 Å². The van der Waals surface area contributed by atoms with Crippen molar-refractivity contribution in [3.63, 3.8) is 0 Å². The molecule has 0 bridgehead atoms. The molecule has 98 valence electrons. The fraction of sp³-hybridized carbons (Fsp3) is 0. The van der Waals surface area contributed by atoms with Crippen molar-refractivity contribution in [2.24, 2.45) is 0 Å². The van der Waals surface area contributed by atoms with Crippen molar-refractivity contribution in [2.45, 2.75) is 0 Å². The van der Waals surface area contributed by atoms with E-state index in [2.05, 4.69) is 4.98 Å². The predicted molar refractivity (Wildman–Crippen MR) is 80.1 cm³/mol. The van der Waals surface area contributed by atoms with Crippen LogP contribution in [0.15, 0.2) is 18.3 Å². The van der Waals surface area contributed by atoms with Gasteiger partial charge in [-0.15, -0.1) is 0 Å². The first-order chi connectivity index (χ1) is 8.99. The van der Waals surface area contributed by atoms with Crippen LogP contribution in [0.1, 0.15) is 10.5 Å². The molecule has 2 rings (SSSR count). The van der Waals surface area contributed by atoms with E-state index in [4.69, 9.17) is 58.0 Å². The maximum Gasteiger partial charge on any atom is 0.169 e.